The third kappa shape index (κ3) is 5.52. The number of carbonyl (C=O) groups is 1. The molecule has 1 aliphatic carbocycles. The Morgan fingerprint density at radius 2 is 1.83 bits per heavy atom. The van der Waals surface area contributed by atoms with Gasteiger partial charge in [-0.3, -0.25) is 0 Å². The third-order valence-electron chi connectivity index (χ3n) is 4.39. The van der Waals surface area contributed by atoms with Gasteiger partial charge in [-0.15, -0.1) is 0 Å². The minimum absolute atomic E-state index is 0.0264. The van der Waals surface area contributed by atoms with Crippen LogP contribution < -0.4 is 0 Å². The molecule has 0 N–H and O–H groups in total. The van der Waals surface area contributed by atoms with Crippen LogP contribution in [0.2, 0.25) is 0 Å². The fourth-order valence-electron chi connectivity index (χ4n) is 2.84. The van der Waals surface area contributed by atoms with E-state index in [0.717, 1.165) is 24.8 Å². The maximum atomic E-state index is 12.5. The Balaban J connectivity index is 2.23. The smallest absolute Gasteiger partial charge is 0.338 e. The van der Waals surface area contributed by atoms with Gasteiger partial charge in [-0.05, 0) is 56.2 Å². The van der Waals surface area contributed by atoms with Crippen LogP contribution in [0.5, 0.6) is 0 Å². The predicted molar refractivity (Wildman–Crippen MR) is 99.9 cm³/mol. The van der Waals surface area contributed by atoms with Gasteiger partial charge in [0.2, 0.25) is 0 Å². The first-order valence-corrected chi connectivity index (χ1v) is 8.63. The molecule has 0 heterocycles. The Bertz CT molecular complexity index is 648. The molecule has 128 valence electrons. The second-order valence-electron chi connectivity index (χ2n) is 7.29. The summed E-state index contributed by atoms with van der Waals surface area (Å²) < 4.78 is 5.86. The van der Waals surface area contributed by atoms with Crippen LogP contribution in [-0.4, -0.2) is 12.1 Å². The lowest BCUT2D eigenvalue weighted by molar-refractivity contribution is 0.0308. The van der Waals surface area contributed by atoms with E-state index in [1.807, 2.05) is 18.2 Å². The molecule has 0 fully saturated rings. The summed E-state index contributed by atoms with van der Waals surface area (Å²) in [7, 11) is 0. The van der Waals surface area contributed by atoms with Crippen molar-refractivity contribution in [3.05, 3.63) is 71.3 Å². The first-order valence-electron chi connectivity index (χ1n) is 8.63. The van der Waals surface area contributed by atoms with Gasteiger partial charge in [-0.2, -0.15) is 0 Å². The number of esters is 1. The Morgan fingerprint density at radius 3 is 2.54 bits per heavy atom. The Kier molecular flexibility index (Phi) is 6.19. The van der Waals surface area contributed by atoms with Crippen molar-refractivity contribution in [3.8, 4) is 0 Å². The van der Waals surface area contributed by atoms with Crippen molar-refractivity contribution < 1.29 is 9.53 Å². The van der Waals surface area contributed by atoms with E-state index in [2.05, 4.69) is 52.0 Å². The molecule has 0 spiro atoms. The summed E-state index contributed by atoms with van der Waals surface area (Å²) in [6, 6.07) is 9.21. The fraction of sp³-hybridized carbons (Fsp3) is 0.409. The highest BCUT2D eigenvalue weighted by Gasteiger charge is 2.25. The third-order valence-corrected chi connectivity index (χ3v) is 4.39. The molecule has 0 saturated carbocycles. The van der Waals surface area contributed by atoms with Crippen LogP contribution in [0.4, 0.5) is 0 Å². The zero-order valence-corrected chi connectivity index (χ0v) is 15.2. The molecule has 0 bridgehead atoms. The predicted octanol–water partition coefficient (Wildman–Crippen LogP) is 5.87. The molecule has 0 amide bonds. The van der Waals surface area contributed by atoms with E-state index in [9.17, 15) is 4.79 Å². The van der Waals surface area contributed by atoms with Gasteiger partial charge in [-0.1, -0.05) is 61.9 Å². The van der Waals surface area contributed by atoms with Crippen molar-refractivity contribution in [1.82, 2.24) is 0 Å². The van der Waals surface area contributed by atoms with Crippen LogP contribution in [0, 0.1) is 5.41 Å². The van der Waals surface area contributed by atoms with Crippen molar-refractivity contribution in [1.29, 1.82) is 0 Å². The molecule has 1 unspecified atom stereocenters. The highest BCUT2D eigenvalue weighted by atomic mass is 16.5. The lowest BCUT2D eigenvalue weighted by Gasteiger charge is -2.28. The van der Waals surface area contributed by atoms with Crippen molar-refractivity contribution in [2.24, 2.45) is 5.41 Å². The van der Waals surface area contributed by atoms with Gasteiger partial charge in [0.15, 0.2) is 0 Å². The summed E-state index contributed by atoms with van der Waals surface area (Å²) in [4.78, 5) is 12.5. The van der Waals surface area contributed by atoms with Crippen LogP contribution >= 0.6 is 0 Å². The number of carbonyl (C=O) groups excluding carboxylic acids is 1. The van der Waals surface area contributed by atoms with Gasteiger partial charge < -0.3 is 4.74 Å². The lowest BCUT2D eigenvalue weighted by Crippen LogP contribution is -2.26. The van der Waals surface area contributed by atoms with Crippen molar-refractivity contribution in [2.45, 2.75) is 53.1 Å². The molecule has 1 aromatic rings. The van der Waals surface area contributed by atoms with Crippen LogP contribution in [0.15, 0.2) is 65.8 Å². The van der Waals surface area contributed by atoms with Crippen LogP contribution in [-0.2, 0) is 4.74 Å². The molecule has 1 aliphatic rings. The maximum Gasteiger partial charge on any atom is 0.338 e. The van der Waals surface area contributed by atoms with Gasteiger partial charge in [0.05, 0.1) is 5.56 Å². The van der Waals surface area contributed by atoms with Gasteiger partial charge in [-0.25, -0.2) is 4.79 Å². The van der Waals surface area contributed by atoms with E-state index in [4.69, 9.17) is 4.74 Å². The number of hydrogen-bond acceptors (Lipinski definition) is 2. The maximum absolute atomic E-state index is 12.5. The topological polar surface area (TPSA) is 26.3 Å². The monoisotopic (exact) mass is 324 g/mol. The number of benzene rings is 1. The molecular formula is C22H28O2. The fourth-order valence-corrected chi connectivity index (χ4v) is 2.84. The molecule has 2 heteroatoms. The first-order chi connectivity index (χ1) is 11.4. The average molecular weight is 324 g/mol. The van der Waals surface area contributed by atoms with Crippen LogP contribution in [0.25, 0.3) is 0 Å². The molecular weight excluding hydrogens is 296 g/mol. The van der Waals surface area contributed by atoms with E-state index in [1.165, 1.54) is 5.57 Å². The summed E-state index contributed by atoms with van der Waals surface area (Å²) in [5.74, 6) is -0.255. The highest BCUT2D eigenvalue weighted by molar-refractivity contribution is 5.89. The normalized spacial score (nSPS) is 26.9. The van der Waals surface area contributed by atoms with Crippen LogP contribution in [0.1, 0.15) is 57.3 Å². The van der Waals surface area contributed by atoms with E-state index in [-0.39, 0.29) is 17.5 Å². The second kappa shape index (κ2) is 8.14. The van der Waals surface area contributed by atoms with E-state index >= 15 is 0 Å². The minimum atomic E-state index is -0.255. The summed E-state index contributed by atoms with van der Waals surface area (Å²) in [5, 5.41) is 0. The SMILES string of the molecule is C/C1=C\C/C=C(\C)C(OC(=O)c2ccccc2)CC(C)(C)/C=C/C1. The molecule has 1 atom stereocenters. The van der Waals surface area contributed by atoms with Crippen molar-refractivity contribution in [3.63, 3.8) is 0 Å². The average Bonchev–Trinajstić information content (AvgIpc) is 2.55. The van der Waals surface area contributed by atoms with Crippen molar-refractivity contribution >= 4 is 5.97 Å². The molecule has 0 saturated heterocycles. The zero-order valence-electron chi connectivity index (χ0n) is 15.2. The number of rotatable bonds is 2. The molecule has 2 nitrogen and oxygen atoms in total. The van der Waals surface area contributed by atoms with E-state index in [0.29, 0.717) is 5.56 Å². The molecule has 24 heavy (non-hydrogen) atoms. The van der Waals surface area contributed by atoms with E-state index < -0.39 is 0 Å². The largest absolute Gasteiger partial charge is 0.454 e. The van der Waals surface area contributed by atoms with Gasteiger partial charge in [0, 0.05) is 0 Å². The number of hydrogen-bond donors (Lipinski definition) is 0. The minimum Gasteiger partial charge on any atom is -0.454 e. The summed E-state index contributed by atoms with van der Waals surface area (Å²) in [5.41, 5.74) is 3.06. The Morgan fingerprint density at radius 1 is 1.12 bits per heavy atom. The summed E-state index contributed by atoms with van der Waals surface area (Å²) in [6.45, 7) is 8.60. The zero-order chi connectivity index (χ0) is 17.6. The Hall–Kier alpha value is -2.09. The first kappa shape index (κ1) is 18.3. The molecule has 0 aromatic heterocycles. The molecule has 2 rings (SSSR count). The van der Waals surface area contributed by atoms with Crippen molar-refractivity contribution in [2.75, 3.05) is 0 Å². The lowest BCUT2D eigenvalue weighted by atomic mass is 9.84. The molecule has 0 aliphatic heterocycles. The second-order valence-corrected chi connectivity index (χ2v) is 7.29. The van der Waals surface area contributed by atoms with Gasteiger partial charge in [0.25, 0.3) is 0 Å². The van der Waals surface area contributed by atoms with Gasteiger partial charge >= 0.3 is 5.97 Å². The highest BCUT2D eigenvalue weighted by Crippen LogP contribution is 2.30. The number of allylic oxidation sites excluding steroid dienone is 5. The number of ether oxygens (including phenoxy) is 1. The Labute approximate surface area is 145 Å². The quantitative estimate of drug-likeness (QED) is 0.502. The standard InChI is InChI=1S/C22H28O2/c1-17-10-8-12-18(2)20(16-22(3,4)15-9-11-17)24-21(23)19-13-6-5-7-14-19/h5-7,9-10,12-15,20H,8,11,16H2,1-4H3/b15-9+,17-10+,18-12+. The molecule has 0 radical (unpaired) electrons. The van der Waals surface area contributed by atoms with E-state index in [1.54, 1.807) is 12.1 Å². The summed E-state index contributed by atoms with van der Waals surface area (Å²) >= 11 is 0. The summed E-state index contributed by atoms with van der Waals surface area (Å²) in [6.07, 6.45) is 11.3. The molecule has 1 aromatic carbocycles. The van der Waals surface area contributed by atoms with Crippen LogP contribution in [0.3, 0.4) is 0 Å². The van der Waals surface area contributed by atoms with Gasteiger partial charge in [0.1, 0.15) is 6.10 Å².